The average molecular weight is 381 g/mol. The lowest BCUT2D eigenvalue weighted by molar-refractivity contribution is -0.136. The van der Waals surface area contributed by atoms with Crippen LogP contribution in [0.4, 0.5) is 0 Å². The van der Waals surface area contributed by atoms with Crippen molar-refractivity contribution >= 4 is 21.7 Å². The summed E-state index contributed by atoms with van der Waals surface area (Å²) in [5.74, 6) is -0.767. The van der Waals surface area contributed by atoms with Gasteiger partial charge in [-0.15, -0.1) is 0 Å². The van der Waals surface area contributed by atoms with E-state index in [1.165, 1.54) is 0 Å². The van der Waals surface area contributed by atoms with Crippen LogP contribution in [0.15, 0.2) is 18.2 Å². The minimum atomic E-state index is -3.09. The molecule has 1 atom stereocenters. The third kappa shape index (κ3) is 5.30. The highest BCUT2D eigenvalue weighted by molar-refractivity contribution is 7.91. The molecule has 2 rings (SSSR count). The standard InChI is InChI=1S/C19H27NO5S/c1-4-5-9-20(16-8-10-26(23,24)13-16)18(21)12-25-19(22)17-11-14(2)6-7-15(17)3/h6-7,11,16H,4-5,8-10,12-13H2,1-3H3. The topological polar surface area (TPSA) is 80.8 Å². The molecule has 0 aromatic heterocycles. The number of unbranched alkanes of at least 4 members (excludes halogenated alkanes) is 1. The molecule has 1 fully saturated rings. The Morgan fingerprint density at radius 3 is 2.62 bits per heavy atom. The maximum atomic E-state index is 12.6. The van der Waals surface area contributed by atoms with Crippen molar-refractivity contribution in [2.45, 2.75) is 46.1 Å². The van der Waals surface area contributed by atoms with Crippen LogP contribution in [0.1, 0.15) is 47.7 Å². The van der Waals surface area contributed by atoms with Gasteiger partial charge in [-0.1, -0.05) is 31.0 Å². The molecule has 1 aliphatic heterocycles. The third-order valence-electron chi connectivity index (χ3n) is 4.66. The van der Waals surface area contributed by atoms with Crippen LogP contribution in [0.5, 0.6) is 0 Å². The summed E-state index contributed by atoms with van der Waals surface area (Å²) in [6.07, 6.45) is 2.13. The van der Waals surface area contributed by atoms with Crippen molar-refractivity contribution in [2.24, 2.45) is 0 Å². The molecule has 1 amide bonds. The van der Waals surface area contributed by atoms with Crippen molar-refractivity contribution in [3.63, 3.8) is 0 Å². The Labute approximate surface area is 155 Å². The molecule has 1 aromatic carbocycles. The molecule has 1 aliphatic rings. The summed E-state index contributed by atoms with van der Waals surface area (Å²) in [6, 6.07) is 5.16. The average Bonchev–Trinajstić information content (AvgIpc) is 2.94. The number of esters is 1. The van der Waals surface area contributed by atoms with E-state index in [4.69, 9.17) is 4.74 Å². The molecule has 1 aromatic rings. The second-order valence-electron chi connectivity index (χ2n) is 6.89. The smallest absolute Gasteiger partial charge is 0.338 e. The van der Waals surface area contributed by atoms with Gasteiger partial charge in [-0.2, -0.15) is 0 Å². The van der Waals surface area contributed by atoms with Gasteiger partial charge in [0.25, 0.3) is 5.91 Å². The molecule has 7 heteroatoms. The predicted molar refractivity (Wildman–Crippen MR) is 99.9 cm³/mol. The van der Waals surface area contributed by atoms with Crippen molar-refractivity contribution in [3.05, 3.63) is 34.9 Å². The van der Waals surface area contributed by atoms with Crippen molar-refractivity contribution in [1.82, 2.24) is 4.90 Å². The van der Waals surface area contributed by atoms with Gasteiger partial charge in [-0.3, -0.25) is 4.79 Å². The van der Waals surface area contributed by atoms with Crippen molar-refractivity contribution in [1.29, 1.82) is 0 Å². The van der Waals surface area contributed by atoms with Crippen molar-refractivity contribution in [2.75, 3.05) is 24.7 Å². The van der Waals surface area contributed by atoms with Crippen molar-refractivity contribution < 1.29 is 22.7 Å². The monoisotopic (exact) mass is 381 g/mol. The van der Waals surface area contributed by atoms with Gasteiger partial charge in [-0.25, -0.2) is 13.2 Å². The molecule has 0 radical (unpaired) electrons. The zero-order valence-corrected chi connectivity index (χ0v) is 16.5. The first-order chi connectivity index (χ1) is 12.2. The fraction of sp³-hybridized carbons (Fsp3) is 0.579. The number of benzene rings is 1. The Morgan fingerprint density at radius 2 is 2.00 bits per heavy atom. The Hall–Kier alpha value is -1.89. The van der Waals surface area contributed by atoms with Gasteiger partial charge >= 0.3 is 5.97 Å². The summed E-state index contributed by atoms with van der Waals surface area (Å²) in [5, 5.41) is 0. The Balaban J connectivity index is 2.02. The summed E-state index contributed by atoms with van der Waals surface area (Å²) in [5.41, 5.74) is 2.17. The Bertz CT molecular complexity index is 772. The second-order valence-corrected chi connectivity index (χ2v) is 9.12. The molecule has 0 saturated carbocycles. The summed E-state index contributed by atoms with van der Waals surface area (Å²) < 4.78 is 28.7. The highest BCUT2D eigenvalue weighted by Crippen LogP contribution is 2.19. The lowest BCUT2D eigenvalue weighted by atomic mass is 10.1. The first-order valence-corrected chi connectivity index (χ1v) is 10.8. The molecule has 0 N–H and O–H groups in total. The van der Waals surface area contributed by atoms with E-state index in [0.717, 1.165) is 24.0 Å². The van der Waals surface area contributed by atoms with Crippen molar-refractivity contribution in [3.8, 4) is 0 Å². The van der Waals surface area contributed by atoms with E-state index in [0.29, 0.717) is 18.5 Å². The van der Waals surface area contributed by atoms with Crippen LogP contribution < -0.4 is 0 Å². The number of carbonyl (C=O) groups is 2. The number of sulfone groups is 1. The molecule has 6 nitrogen and oxygen atoms in total. The van der Waals surface area contributed by atoms with E-state index >= 15 is 0 Å². The fourth-order valence-electron chi connectivity index (χ4n) is 3.10. The van der Waals surface area contributed by atoms with E-state index in [1.54, 1.807) is 11.0 Å². The van der Waals surface area contributed by atoms with Gasteiger partial charge in [0.05, 0.1) is 17.1 Å². The molecule has 1 saturated heterocycles. The number of hydrogen-bond donors (Lipinski definition) is 0. The molecule has 1 unspecified atom stereocenters. The molecule has 0 bridgehead atoms. The number of hydrogen-bond acceptors (Lipinski definition) is 5. The molecular weight excluding hydrogens is 354 g/mol. The summed E-state index contributed by atoms with van der Waals surface area (Å²) >= 11 is 0. The molecule has 1 heterocycles. The van der Waals surface area contributed by atoms with Crippen LogP contribution in [0.25, 0.3) is 0 Å². The van der Waals surface area contributed by atoms with Gasteiger partial charge in [-0.05, 0) is 38.3 Å². The first-order valence-electron chi connectivity index (χ1n) is 8.97. The van der Waals surface area contributed by atoms with Crippen LogP contribution in [-0.4, -0.2) is 55.9 Å². The zero-order valence-electron chi connectivity index (χ0n) is 15.7. The van der Waals surface area contributed by atoms with Crippen LogP contribution in [-0.2, 0) is 19.4 Å². The molecule has 0 spiro atoms. The van der Waals surface area contributed by atoms with Gasteiger partial charge in [0.2, 0.25) is 0 Å². The number of nitrogens with zero attached hydrogens (tertiary/aromatic N) is 1. The van der Waals surface area contributed by atoms with E-state index < -0.39 is 15.8 Å². The maximum absolute atomic E-state index is 12.6. The molecule has 144 valence electrons. The minimum Gasteiger partial charge on any atom is -0.452 e. The van der Waals surface area contributed by atoms with Crippen LogP contribution in [0, 0.1) is 13.8 Å². The highest BCUT2D eigenvalue weighted by atomic mass is 32.2. The molecule has 26 heavy (non-hydrogen) atoms. The predicted octanol–water partition coefficient (Wildman–Crippen LogP) is 2.28. The maximum Gasteiger partial charge on any atom is 0.338 e. The molecule has 0 aliphatic carbocycles. The van der Waals surface area contributed by atoms with Crippen LogP contribution in [0.2, 0.25) is 0 Å². The normalized spacial score (nSPS) is 18.5. The summed E-state index contributed by atoms with van der Waals surface area (Å²) in [4.78, 5) is 26.5. The summed E-state index contributed by atoms with van der Waals surface area (Å²) in [7, 11) is -3.09. The zero-order chi connectivity index (χ0) is 19.3. The van der Waals surface area contributed by atoms with E-state index in [2.05, 4.69) is 0 Å². The van der Waals surface area contributed by atoms with E-state index in [-0.39, 0.29) is 30.1 Å². The first kappa shape index (κ1) is 20.4. The largest absolute Gasteiger partial charge is 0.452 e. The fourth-order valence-corrected chi connectivity index (χ4v) is 4.83. The Kier molecular flexibility index (Phi) is 6.81. The van der Waals surface area contributed by atoms with E-state index in [1.807, 2.05) is 32.9 Å². The van der Waals surface area contributed by atoms with Gasteiger partial charge in [0.15, 0.2) is 16.4 Å². The summed E-state index contributed by atoms with van der Waals surface area (Å²) in [6.45, 7) is 5.82. The van der Waals surface area contributed by atoms with Gasteiger partial charge in [0.1, 0.15) is 0 Å². The highest BCUT2D eigenvalue weighted by Gasteiger charge is 2.34. The molecular formula is C19H27NO5S. The van der Waals surface area contributed by atoms with Gasteiger partial charge < -0.3 is 9.64 Å². The number of aryl methyl sites for hydroxylation is 2. The van der Waals surface area contributed by atoms with E-state index in [9.17, 15) is 18.0 Å². The minimum absolute atomic E-state index is 0.00656. The van der Waals surface area contributed by atoms with Crippen LogP contribution >= 0.6 is 0 Å². The van der Waals surface area contributed by atoms with Crippen LogP contribution in [0.3, 0.4) is 0 Å². The number of rotatable bonds is 7. The third-order valence-corrected chi connectivity index (χ3v) is 6.41. The number of carbonyl (C=O) groups excluding carboxylic acids is 2. The lowest BCUT2D eigenvalue weighted by Crippen LogP contribution is -2.43. The SMILES string of the molecule is CCCCN(C(=O)COC(=O)c1cc(C)ccc1C)C1CCS(=O)(=O)C1. The lowest BCUT2D eigenvalue weighted by Gasteiger charge is -2.28. The number of ether oxygens (including phenoxy) is 1. The second kappa shape index (κ2) is 8.66. The van der Waals surface area contributed by atoms with Gasteiger partial charge in [0, 0.05) is 12.6 Å². The number of amides is 1. The Morgan fingerprint density at radius 1 is 1.27 bits per heavy atom. The quantitative estimate of drug-likeness (QED) is 0.677.